The second kappa shape index (κ2) is 7.31. The summed E-state index contributed by atoms with van der Waals surface area (Å²) >= 11 is 1.53. The van der Waals surface area contributed by atoms with Gasteiger partial charge in [0.25, 0.3) is 0 Å². The van der Waals surface area contributed by atoms with Crippen LogP contribution in [0.2, 0.25) is 0 Å². The first-order chi connectivity index (χ1) is 12.0. The summed E-state index contributed by atoms with van der Waals surface area (Å²) < 4.78 is 13.1. The van der Waals surface area contributed by atoms with Crippen LogP contribution in [0.4, 0.5) is 4.39 Å². The van der Waals surface area contributed by atoms with E-state index in [0.717, 1.165) is 16.1 Å². The number of carbonyl (C=O) groups is 2. The Morgan fingerprint density at radius 3 is 2.64 bits per heavy atom. The largest absolute Gasteiger partial charge is 0.481 e. The minimum absolute atomic E-state index is 0.0522. The van der Waals surface area contributed by atoms with Gasteiger partial charge in [-0.25, -0.2) is 9.37 Å². The van der Waals surface area contributed by atoms with Crippen LogP contribution in [0.5, 0.6) is 0 Å². The number of benzene rings is 1. The van der Waals surface area contributed by atoms with Crippen LogP contribution in [0.1, 0.15) is 28.5 Å². The second-order valence-electron chi connectivity index (χ2n) is 6.26. The molecule has 1 fully saturated rings. The van der Waals surface area contributed by atoms with Crippen LogP contribution in [-0.4, -0.2) is 40.0 Å². The van der Waals surface area contributed by atoms with Crippen LogP contribution in [0.25, 0.3) is 0 Å². The van der Waals surface area contributed by atoms with Gasteiger partial charge in [0.1, 0.15) is 5.82 Å². The fraction of sp³-hybridized carbons (Fsp3) is 0.389. The third kappa shape index (κ3) is 3.87. The normalized spacial score (nSPS) is 20.0. The zero-order valence-corrected chi connectivity index (χ0v) is 14.6. The maximum atomic E-state index is 13.1. The van der Waals surface area contributed by atoms with E-state index in [1.54, 1.807) is 22.5 Å². The molecule has 0 unspecified atom stereocenters. The van der Waals surface area contributed by atoms with Gasteiger partial charge in [0.15, 0.2) is 0 Å². The Bertz CT molecular complexity index is 775. The number of rotatable bonds is 5. The molecule has 2 heterocycles. The molecule has 5 nitrogen and oxygen atoms in total. The van der Waals surface area contributed by atoms with Crippen molar-refractivity contribution in [2.45, 2.75) is 25.7 Å². The summed E-state index contributed by atoms with van der Waals surface area (Å²) in [5, 5.41) is 9.50. The summed E-state index contributed by atoms with van der Waals surface area (Å²) in [5.41, 5.74) is 3.45. The van der Waals surface area contributed by atoms with Crippen molar-refractivity contribution in [2.24, 2.45) is 5.92 Å². The van der Waals surface area contributed by atoms with Crippen LogP contribution in [0.3, 0.4) is 0 Å². The quantitative estimate of drug-likeness (QED) is 0.888. The van der Waals surface area contributed by atoms with E-state index in [9.17, 15) is 19.1 Å². The Morgan fingerprint density at radius 2 is 2.04 bits per heavy atom. The van der Waals surface area contributed by atoms with Crippen LogP contribution >= 0.6 is 11.3 Å². The monoisotopic (exact) mass is 362 g/mol. The predicted octanol–water partition coefficient (Wildman–Crippen LogP) is 2.85. The van der Waals surface area contributed by atoms with Crippen molar-refractivity contribution >= 4 is 23.2 Å². The van der Waals surface area contributed by atoms with E-state index in [1.807, 2.05) is 6.92 Å². The molecule has 132 valence electrons. The van der Waals surface area contributed by atoms with Gasteiger partial charge in [-0.1, -0.05) is 12.1 Å². The molecule has 2 aromatic rings. The zero-order valence-electron chi connectivity index (χ0n) is 13.8. The number of nitrogens with zero attached hydrogens (tertiary/aromatic N) is 2. The number of carbonyl (C=O) groups excluding carboxylic acids is 1. The third-order valence-corrected chi connectivity index (χ3v) is 5.69. The number of hydrogen-bond donors (Lipinski definition) is 1. The highest BCUT2D eigenvalue weighted by molar-refractivity contribution is 7.09. The van der Waals surface area contributed by atoms with Crippen LogP contribution < -0.4 is 0 Å². The van der Waals surface area contributed by atoms with Crippen molar-refractivity contribution in [2.75, 3.05) is 13.1 Å². The number of carboxylic acid groups (broad SMARTS) is 1. The first-order valence-electron chi connectivity index (χ1n) is 8.10. The lowest BCUT2D eigenvalue weighted by molar-refractivity contribution is -0.141. The van der Waals surface area contributed by atoms with E-state index < -0.39 is 11.9 Å². The molecular formula is C18H19FN2O3S. The SMILES string of the molecule is Cc1ncsc1CCC(=O)N1C[C@@H](C(=O)O)[C@H](c2ccc(F)cc2)C1. The summed E-state index contributed by atoms with van der Waals surface area (Å²) in [7, 11) is 0. The molecule has 0 aliphatic carbocycles. The Morgan fingerprint density at radius 1 is 1.32 bits per heavy atom. The Hall–Kier alpha value is -2.28. The van der Waals surface area contributed by atoms with Gasteiger partial charge < -0.3 is 10.0 Å². The van der Waals surface area contributed by atoms with Crippen molar-refractivity contribution in [3.63, 3.8) is 0 Å². The minimum Gasteiger partial charge on any atom is -0.481 e. The first kappa shape index (κ1) is 17.5. The van der Waals surface area contributed by atoms with E-state index >= 15 is 0 Å². The van der Waals surface area contributed by atoms with Gasteiger partial charge >= 0.3 is 5.97 Å². The van der Waals surface area contributed by atoms with Crippen molar-refractivity contribution in [3.8, 4) is 0 Å². The lowest BCUT2D eigenvalue weighted by Crippen LogP contribution is -2.30. The molecule has 0 bridgehead atoms. The number of carboxylic acids is 1. The lowest BCUT2D eigenvalue weighted by atomic mass is 9.89. The number of aromatic nitrogens is 1. The Balaban J connectivity index is 1.68. The maximum Gasteiger partial charge on any atom is 0.308 e. The smallest absolute Gasteiger partial charge is 0.308 e. The molecule has 7 heteroatoms. The van der Waals surface area contributed by atoms with E-state index in [1.165, 1.54) is 23.5 Å². The molecule has 1 aliphatic rings. The number of aliphatic carboxylic acids is 1. The average Bonchev–Trinajstić information content (AvgIpc) is 3.20. The molecule has 0 spiro atoms. The fourth-order valence-electron chi connectivity index (χ4n) is 3.25. The van der Waals surface area contributed by atoms with E-state index in [4.69, 9.17) is 0 Å². The third-order valence-electron chi connectivity index (χ3n) is 4.70. The van der Waals surface area contributed by atoms with Crippen molar-refractivity contribution in [1.29, 1.82) is 0 Å². The van der Waals surface area contributed by atoms with Gasteiger partial charge in [-0.3, -0.25) is 9.59 Å². The summed E-state index contributed by atoms with van der Waals surface area (Å²) in [4.78, 5) is 31.0. The highest BCUT2D eigenvalue weighted by Gasteiger charge is 2.40. The molecular weight excluding hydrogens is 343 g/mol. The molecule has 0 radical (unpaired) electrons. The highest BCUT2D eigenvalue weighted by atomic mass is 32.1. The van der Waals surface area contributed by atoms with Gasteiger partial charge in [0.05, 0.1) is 17.1 Å². The Labute approximate surface area is 149 Å². The standard InChI is InChI=1S/C18H19FN2O3S/c1-11-16(25-10-20-11)6-7-17(22)21-8-14(15(9-21)18(23)24)12-2-4-13(19)5-3-12/h2-5,10,14-15H,6-9H2,1H3,(H,23,24)/t14-,15+/m0/s1. The number of likely N-dealkylation sites (tertiary alicyclic amines) is 1. The van der Waals surface area contributed by atoms with Crippen LogP contribution in [0, 0.1) is 18.7 Å². The summed E-state index contributed by atoms with van der Waals surface area (Å²) in [5.74, 6) is -2.32. The van der Waals surface area contributed by atoms with Crippen molar-refractivity contribution in [1.82, 2.24) is 9.88 Å². The number of halogens is 1. The summed E-state index contributed by atoms with van der Waals surface area (Å²) in [6.45, 7) is 2.46. The molecule has 1 amide bonds. The van der Waals surface area contributed by atoms with E-state index in [-0.39, 0.29) is 24.2 Å². The van der Waals surface area contributed by atoms with E-state index in [2.05, 4.69) is 4.98 Å². The van der Waals surface area contributed by atoms with Gasteiger partial charge in [-0.15, -0.1) is 11.3 Å². The number of aryl methyl sites for hydroxylation is 2. The fourth-order valence-corrected chi connectivity index (χ4v) is 4.03. The molecule has 3 rings (SSSR count). The zero-order chi connectivity index (χ0) is 18.0. The first-order valence-corrected chi connectivity index (χ1v) is 8.98. The topological polar surface area (TPSA) is 70.5 Å². The molecule has 1 saturated heterocycles. The second-order valence-corrected chi connectivity index (χ2v) is 7.20. The molecule has 25 heavy (non-hydrogen) atoms. The van der Waals surface area contributed by atoms with Crippen molar-refractivity contribution in [3.05, 3.63) is 51.7 Å². The van der Waals surface area contributed by atoms with Crippen molar-refractivity contribution < 1.29 is 19.1 Å². The van der Waals surface area contributed by atoms with Gasteiger partial charge in [0, 0.05) is 30.3 Å². The molecule has 1 aromatic carbocycles. The van der Waals surface area contributed by atoms with Gasteiger partial charge in [-0.05, 0) is 31.0 Å². The number of thiazole rings is 1. The van der Waals surface area contributed by atoms with Crippen LogP contribution in [-0.2, 0) is 16.0 Å². The summed E-state index contributed by atoms with van der Waals surface area (Å²) in [6, 6.07) is 5.85. The molecule has 1 aliphatic heterocycles. The molecule has 1 N–H and O–H groups in total. The lowest BCUT2D eigenvalue weighted by Gasteiger charge is -2.16. The van der Waals surface area contributed by atoms with Crippen LogP contribution in [0.15, 0.2) is 29.8 Å². The predicted molar refractivity (Wildman–Crippen MR) is 92.0 cm³/mol. The molecule has 0 saturated carbocycles. The van der Waals surface area contributed by atoms with Gasteiger partial charge in [-0.2, -0.15) is 0 Å². The highest BCUT2D eigenvalue weighted by Crippen LogP contribution is 2.33. The molecule has 1 aromatic heterocycles. The van der Waals surface area contributed by atoms with E-state index in [0.29, 0.717) is 19.4 Å². The number of hydrogen-bond acceptors (Lipinski definition) is 4. The maximum absolute atomic E-state index is 13.1. The molecule has 2 atom stereocenters. The van der Waals surface area contributed by atoms with Gasteiger partial charge in [0.2, 0.25) is 5.91 Å². The average molecular weight is 362 g/mol. The minimum atomic E-state index is -0.928. The Kier molecular flexibility index (Phi) is 5.13. The summed E-state index contributed by atoms with van der Waals surface area (Å²) in [6.07, 6.45) is 0.955. The number of amides is 1.